The number of ether oxygens (including phenoxy) is 1. The third-order valence-electron chi connectivity index (χ3n) is 5.92. The Morgan fingerprint density at radius 2 is 1.05 bits per heavy atom. The van der Waals surface area contributed by atoms with Crippen LogP contribution in [0.2, 0.25) is 0 Å². The summed E-state index contributed by atoms with van der Waals surface area (Å²) in [5, 5.41) is 51.5. The summed E-state index contributed by atoms with van der Waals surface area (Å²) in [6, 6.07) is 0. The second kappa shape index (κ2) is 28.3. The third kappa shape index (κ3) is 29.6. The van der Waals surface area contributed by atoms with E-state index in [0.717, 1.165) is 12.8 Å². The first-order valence-corrected chi connectivity index (χ1v) is 13.8. The van der Waals surface area contributed by atoms with Gasteiger partial charge in [0.15, 0.2) is 5.60 Å². The Labute approximate surface area is 254 Å². The van der Waals surface area contributed by atoms with Crippen molar-refractivity contribution in [3.63, 3.8) is 0 Å². The first-order chi connectivity index (χ1) is 18.0. The van der Waals surface area contributed by atoms with Crippen molar-refractivity contribution in [2.45, 2.75) is 134 Å². The van der Waals surface area contributed by atoms with Crippen molar-refractivity contribution >= 4 is 53.4 Å². The van der Waals surface area contributed by atoms with E-state index in [-0.39, 0.29) is 48.7 Å². The van der Waals surface area contributed by atoms with Crippen LogP contribution in [0.1, 0.15) is 122 Å². The molecule has 0 saturated heterocycles. The topological polar surface area (TPSA) is 199 Å². The Kier molecular flexibility index (Phi) is 30.6. The Morgan fingerprint density at radius 3 is 1.36 bits per heavy atom. The summed E-state index contributed by atoms with van der Waals surface area (Å²) in [6.45, 7) is 1.79. The number of carboxylic acids is 3. The minimum atomic E-state index is -2.74. The molecule has 0 bridgehead atoms. The molecule has 0 fully saturated rings. The van der Waals surface area contributed by atoms with E-state index in [4.69, 9.17) is 35.4 Å². The Morgan fingerprint density at radius 1 is 0.692 bits per heavy atom. The summed E-state index contributed by atoms with van der Waals surface area (Å²) in [5.74, 6) is -5.29. The standard InChI is InChI=1S/C21H42O4.C6H8O7.Na.H/c1-2-3-4-5-6-7-8-9-10-11-12-13-14-15-16-17-21(24)25-19-20(23)18-22;7-3(8)1-6(13,5(11)12)2-4(9)10;;/h20,22-23H,2-19H2,1H3;13H,1-2H2,(H,7,8)(H,9,10)(H,11,12);;. The van der Waals surface area contributed by atoms with Crippen molar-refractivity contribution in [2.24, 2.45) is 0 Å². The molecule has 0 aromatic rings. The zero-order valence-electron chi connectivity index (χ0n) is 22.9. The van der Waals surface area contributed by atoms with E-state index in [2.05, 4.69) is 6.92 Å². The third-order valence-corrected chi connectivity index (χ3v) is 5.92. The molecule has 1 atom stereocenters. The van der Waals surface area contributed by atoms with Crippen LogP contribution in [0, 0.1) is 0 Å². The van der Waals surface area contributed by atoms with Crippen LogP contribution < -0.4 is 0 Å². The quantitative estimate of drug-likeness (QED) is 0.0562. The molecular weight excluding hydrogens is 523 g/mol. The van der Waals surface area contributed by atoms with E-state index < -0.39 is 42.5 Å². The Bertz CT molecular complexity index is 627. The average molecular weight is 575 g/mol. The second-order valence-electron chi connectivity index (χ2n) is 9.70. The molecule has 0 heterocycles. The number of rotatable bonds is 24. The molecular formula is C27H51NaO11. The van der Waals surface area contributed by atoms with E-state index in [1.807, 2.05) is 0 Å². The van der Waals surface area contributed by atoms with Gasteiger partial charge >= 0.3 is 53.4 Å². The van der Waals surface area contributed by atoms with Gasteiger partial charge in [0.25, 0.3) is 0 Å². The summed E-state index contributed by atoms with van der Waals surface area (Å²) in [5.41, 5.74) is -2.74. The summed E-state index contributed by atoms with van der Waals surface area (Å²) in [4.78, 5) is 41.9. The monoisotopic (exact) mass is 574 g/mol. The summed E-state index contributed by atoms with van der Waals surface area (Å²) in [6.07, 6.45) is 16.7. The first kappa shape index (κ1) is 42.2. The maximum absolute atomic E-state index is 11.4. The van der Waals surface area contributed by atoms with Crippen LogP contribution in [0.15, 0.2) is 0 Å². The van der Waals surface area contributed by atoms with E-state index >= 15 is 0 Å². The zero-order valence-corrected chi connectivity index (χ0v) is 22.9. The number of aliphatic hydroxyl groups is 3. The van der Waals surface area contributed by atoms with Crippen molar-refractivity contribution in [2.75, 3.05) is 13.2 Å². The SMILES string of the molecule is CCCCCCCCCCCCCCCCCC(=O)OCC(O)CO.O=C(O)CC(O)(CC(=O)O)C(=O)O.[NaH]. The number of hydrogen-bond donors (Lipinski definition) is 6. The van der Waals surface area contributed by atoms with Gasteiger partial charge in [0.2, 0.25) is 0 Å². The van der Waals surface area contributed by atoms with Crippen molar-refractivity contribution < 1.29 is 54.6 Å². The Balaban J connectivity index is -0.000000783. The number of aliphatic carboxylic acids is 3. The number of esters is 1. The van der Waals surface area contributed by atoms with E-state index in [0.29, 0.717) is 6.42 Å². The van der Waals surface area contributed by atoms with Crippen molar-refractivity contribution in [1.29, 1.82) is 0 Å². The molecule has 6 N–H and O–H groups in total. The fourth-order valence-corrected chi connectivity index (χ4v) is 3.67. The van der Waals surface area contributed by atoms with E-state index in [1.54, 1.807) is 0 Å². The fourth-order valence-electron chi connectivity index (χ4n) is 3.67. The molecule has 39 heavy (non-hydrogen) atoms. The molecule has 12 heteroatoms. The van der Waals surface area contributed by atoms with Gasteiger partial charge in [0, 0.05) is 6.42 Å². The second-order valence-corrected chi connectivity index (χ2v) is 9.70. The van der Waals surface area contributed by atoms with E-state index in [1.165, 1.54) is 83.5 Å². The van der Waals surface area contributed by atoms with Crippen molar-refractivity contribution in [3.8, 4) is 0 Å². The normalized spacial score (nSPS) is 11.5. The molecule has 1 unspecified atom stereocenters. The van der Waals surface area contributed by atoms with Crippen molar-refractivity contribution in [3.05, 3.63) is 0 Å². The minimum absolute atomic E-state index is 0. The number of carbonyl (C=O) groups is 4. The number of carbonyl (C=O) groups excluding carboxylic acids is 1. The van der Waals surface area contributed by atoms with Gasteiger partial charge in [-0.25, -0.2) is 4.79 Å². The molecule has 0 saturated carbocycles. The molecule has 0 aromatic carbocycles. The molecule has 11 nitrogen and oxygen atoms in total. The Hall–Kier alpha value is -1.24. The van der Waals surface area contributed by atoms with Gasteiger partial charge in [-0.1, -0.05) is 96.8 Å². The van der Waals surface area contributed by atoms with Crippen LogP contribution in [-0.4, -0.2) is 109 Å². The van der Waals surface area contributed by atoms with E-state index in [9.17, 15) is 19.2 Å². The van der Waals surface area contributed by atoms with Gasteiger partial charge in [-0.15, -0.1) is 0 Å². The predicted molar refractivity (Wildman–Crippen MR) is 148 cm³/mol. The number of unbranched alkanes of at least 4 members (excludes halogenated alkanes) is 14. The van der Waals surface area contributed by atoms with Crippen LogP contribution in [0.25, 0.3) is 0 Å². The van der Waals surface area contributed by atoms with Crippen molar-refractivity contribution in [1.82, 2.24) is 0 Å². The van der Waals surface area contributed by atoms with Crippen LogP contribution in [0.5, 0.6) is 0 Å². The number of carboxylic acid groups (broad SMARTS) is 3. The van der Waals surface area contributed by atoms with Gasteiger partial charge in [-0.3, -0.25) is 14.4 Å². The maximum atomic E-state index is 11.4. The fraction of sp³-hybridized carbons (Fsp3) is 0.852. The van der Waals surface area contributed by atoms with Gasteiger partial charge in [-0.2, -0.15) is 0 Å². The molecule has 0 aromatic heterocycles. The van der Waals surface area contributed by atoms with Gasteiger partial charge < -0.3 is 35.4 Å². The summed E-state index contributed by atoms with van der Waals surface area (Å²) >= 11 is 0. The molecule has 0 spiro atoms. The predicted octanol–water partition coefficient (Wildman–Crippen LogP) is 3.25. The van der Waals surface area contributed by atoms with Gasteiger partial charge in [0.05, 0.1) is 19.4 Å². The van der Waals surface area contributed by atoms with Crippen LogP contribution in [-0.2, 0) is 23.9 Å². The molecule has 0 rings (SSSR count). The van der Waals surface area contributed by atoms with Crippen LogP contribution in [0.4, 0.5) is 0 Å². The van der Waals surface area contributed by atoms with Gasteiger partial charge in [0.1, 0.15) is 12.7 Å². The summed E-state index contributed by atoms with van der Waals surface area (Å²) < 4.78 is 4.86. The molecule has 0 amide bonds. The zero-order chi connectivity index (χ0) is 29.2. The molecule has 0 aliphatic rings. The van der Waals surface area contributed by atoms with Gasteiger partial charge in [-0.05, 0) is 6.42 Å². The molecule has 0 radical (unpaired) electrons. The molecule has 226 valence electrons. The average Bonchev–Trinajstić information content (AvgIpc) is 2.84. The van der Waals surface area contributed by atoms with Crippen LogP contribution >= 0.6 is 0 Å². The van der Waals surface area contributed by atoms with Crippen LogP contribution in [0.3, 0.4) is 0 Å². The number of hydrogen-bond acceptors (Lipinski definition) is 8. The number of aliphatic hydroxyl groups excluding tert-OH is 2. The molecule has 0 aliphatic carbocycles. The molecule has 0 aliphatic heterocycles. The summed E-state index contributed by atoms with van der Waals surface area (Å²) in [7, 11) is 0. The first-order valence-electron chi connectivity index (χ1n) is 13.8.